The predicted octanol–water partition coefficient (Wildman–Crippen LogP) is 4.12. The Morgan fingerprint density at radius 3 is 2.90 bits per heavy atom. The Labute approximate surface area is 178 Å². The molecule has 4 rings (SSSR count). The van der Waals surface area contributed by atoms with Crippen LogP contribution in [0, 0.1) is 0 Å². The molecule has 0 radical (unpaired) electrons. The topological polar surface area (TPSA) is 89.5 Å². The molecule has 1 amide bonds. The number of hydrogen-bond acceptors (Lipinski definition) is 7. The first-order chi connectivity index (χ1) is 14.6. The van der Waals surface area contributed by atoms with Crippen molar-refractivity contribution in [3.05, 3.63) is 65.4 Å². The van der Waals surface area contributed by atoms with Gasteiger partial charge >= 0.3 is 6.09 Å². The maximum atomic E-state index is 12.0. The minimum absolute atomic E-state index is 0.0699. The van der Waals surface area contributed by atoms with Crippen LogP contribution in [-0.2, 0) is 16.1 Å². The fourth-order valence-corrected chi connectivity index (χ4v) is 3.27. The van der Waals surface area contributed by atoms with E-state index in [1.807, 2.05) is 43.3 Å². The summed E-state index contributed by atoms with van der Waals surface area (Å²) in [5, 5.41) is 3.72. The highest BCUT2D eigenvalue weighted by atomic mass is 35.5. The largest absolute Gasteiger partial charge is 0.447 e. The average Bonchev–Trinajstić information content (AvgIpc) is 3.10. The Hall–Kier alpha value is -3.23. The molecular formula is C21H20ClN5O3. The third kappa shape index (κ3) is 4.67. The van der Waals surface area contributed by atoms with Crippen LogP contribution in [-0.4, -0.2) is 40.4 Å². The third-order valence-electron chi connectivity index (χ3n) is 4.52. The number of nitrogens with one attached hydrogen (secondary N) is 1. The highest BCUT2D eigenvalue weighted by Crippen LogP contribution is 2.25. The van der Waals surface area contributed by atoms with Gasteiger partial charge < -0.3 is 14.8 Å². The number of aromatic nitrogens is 3. The number of carbonyl (C=O) groups is 1. The van der Waals surface area contributed by atoms with Gasteiger partial charge in [-0.3, -0.25) is 4.90 Å². The number of nitrogens with zero attached hydrogens (tertiary/aromatic N) is 4. The van der Waals surface area contributed by atoms with Gasteiger partial charge in [-0.25, -0.2) is 19.7 Å². The van der Waals surface area contributed by atoms with E-state index < -0.39 is 6.09 Å². The first-order valence-electron chi connectivity index (χ1n) is 9.41. The van der Waals surface area contributed by atoms with Gasteiger partial charge in [0.05, 0.1) is 18.3 Å². The van der Waals surface area contributed by atoms with E-state index >= 15 is 0 Å². The number of pyridine rings is 1. The van der Waals surface area contributed by atoms with Crippen LogP contribution in [0.4, 0.5) is 16.6 Å². The number of carbonyl (C=O) groups excluding carboxylic acids is 1. The molecule has 3 heterocycles. The second-order valence-electron chi connectivity index (χ2n) is 6.76. The average molecular weight is 426 g/mol. The van der Waals surface area contributed by atoms with Gasteiger partial charge in [0.25, 0.3) is 0 Å². The van der Waals surface area contributed by atoms with Crippen LogP contribution in [0.2, 0.25) is 5.02 Å². The van der Waals surface area contributed by atoms with Crippen molar-refractivity contribution < 1.29 is 14.3 Å². The maximum absolute atomic E-state index is 12.0. The van der Waals surface area contributed by atoms with Crippen LogP contribution in [0.25, 0.3) is 11.3 Å². The quantitative estimate of drug-likeness (QED) is 0.449. The summed E-state index contributed by atoms with van der Waals surface area (Å²) in [5.74, 6) is 0.964. The summed E-state index contributed by atoms with van der Waals surface area (Å²) in [7, 11) is 0. The van der Waals surface area contributed by atoms with Gasteiger partial charge in [0.15, 0.2) is 0 Å². The molecule has 9 heteroatoms. The Morgan fingerprint density at radius 2 is 2.10 bits per heavy atom. The molecule has 0 aliphatic carbocycles. The lowest BCUT2D eigenvalue weighted by Crippen LogP contribution is -2.31. The Balaban J connectivity index is 1.41. The van der Waals surface area contributed by atoms with Crippen LogP contribution in [0.5, 0.6) is 0 Å². The molecule has 154 valence electrons. The Bertz CT molecular complexity index is 1050. The number of hydrogen-bond donors (Lipinski definition) is 1. The monoisotopic (exact) mass is 425 g/mol. The number of anilines is 2. The number of amides is 1. The molecule has 1 unspecified atom stereocenters. The van der Waals surface area contributed by atoms with Gasteiger partial charge in [-0.05, 0) is 42.8 Å². The summed E-state index contributed by atoms with van der Waals surface area (Å²) in [6.45, 7) is 2.93. The van der Waals surface area contributed by atoms with Crippen molar-refractivity contribution in [3.63, 3.8) is 0 Å². The van der Waals surface area contributed by atoms with E-state index in [9.17, 15) is 4.79 Å². The molecule has 8 nitrogen and oxygen atoms in total. The van der Waals surface area contributed by atoms with Crippen molar-refractivity contribution in [3.8, 4) is 11.3 Å². The summed E-state index contributed by atoms with van der Waals surface area (Å²) in [6.07, 6.45) is 2.91. The van der Waals surface area contributed by atoms with Gasteiger partial charge in [-0.2, -0.15) is 0 Å². The number of rotatable bonds is 7. The molecule has 3 aromatic rings. The fraction of sp³-hybridized carbons (Fsp3) is 0.238. The van der Waals surface area contributed by atoms with Crippen LogP contribution >= 0.6 is 11.6 Å². The van der Waals surface area contributed by atoms with E-state index in [0.29, 0.717) is 35.7 Å². The molecule has 1 aliphatic rings. The highest BCUT2D eigenvalue weighted by molar-refractivity contribution is 6.30. The molecule has 0 bridgehead atoms. The van der Waals surface area contributed by atoms with Crippen LogP contribution in [0.15, 0.2) is 54.9 Å². The molecule has 1 aliphatic heterocycles. The lowest BCUT2D eigenvalue weighted by molar-refractivity contribution is 0.138. The molecule has 1 saturated heterocycles. The van der Waals surface area contributed by atoms with E-state index in [4.69, 9.17) is 21.1 Å². The van der Waals surface area contributed by atoms with Crippen molar-refractivity contribution in [2.24, 2.45) is 0 Å². The van der Waals surface area contributed by atoms with Gasteiger partial charge in [0.1, 0.15) is 19.2 Å². The van der Waals surface area contributed by atoms with E-state index in [1.165, 1.54) is 4.90 Å². The zero-order valence-corrected chi connectivity index (χ0v) is 17.0. The zero-order chi connectivity index (χ0) is 20.9. The Kier molecular flexibility index (Phi) is 6.06. The summed E-state index contributed by atoms with van der Waals surface area (Å²) in [4.78, 5) is 26.5. The van der Waals surface area contributed by atoms with E-state index in [-0.39, 0.29) is 12.8 Å². The second kappa shape index (κ2) is 9.06. The maximum Gasteiger partial charge on any atom is 0.415 e. The lowest BCUT2D eigenvalue weighted by atomic mass is 10.2. The highest BCUT2D eigenvalue weighted by Gasteiger charge is 2.31. The fourth-order valence-electron chi connectivity index (χ4n) is 3.06. The van der Waals surface area contributed by atoms with Gasteiger partial charge in [-0.15, -0.1) is 0 Å². The summed E-state index contributed by atoms with van der Waals surface area (Å²) < 4.78 is 10.7. The molecular weight excluding hydrogens is 406 g/mol. The van der Waals surface area contributed by atoms with Crippen molar-refractivity contribution in [1.82, 2.24) is 15.0 Å². The summed E-state index contributed by atoms with van der Waals surface area (Å²) in [5.41, 5.74) is 2.50. The number of halogens is 1. The van der Waals surface area contributed by atoms with Crippen molar-refractivity contribution in [2.45, 2.75) is 19.6 Å². The normalized spacial score (nSPS) is 15.9. The van der Waals surface area contributed by atoms with Crippen molar-refractivity contribution >= 4 is 29.5 Å². The molecule has 0 spiro atoms. The van der Waals surface area contributed by atoms with Crippen LogP contribution in [0.3, 0.4) is 0 Å². The molecule has 0 saturated carbocycles. The molecule has 1 atom stereocenters. The van der Waals surface area contributed by atoms with Gasteiger partial charge in [0, 0.05) is 23.0 Å². The molecule has 1 N–H and O–H groups in total. The summed E-state index contributed by atoms with van der Waals surface area (Å²) in [6, 6.07) is 12.9. The number of benzene rings is 1. The van der Waals surface area contributed by atoms with Crippen molar-refractivity contribution in [2.75, 3.05) is 23.6 Å². The molecule has 1 fully saturated rings. The van der Waals surface area contributed by atoms with E-state index in [1.54, 1.807) is 18.5 Å². The van der Waals surface area contributed by atoms with Crippen LogP contribution in [0.1, 0.15) is 12.5 Å². The minimum Gasteiger partial charge on any atom is -0.447 e. The zero-order valence-electron chi connectivity index (χ0n) is 16.3. The summed E-state index contributed by atoms with van der Waals surface area (Å²) >= 11 is 5.97. The SMILES string of the molecule is CC1COC(=O)N1c1cc(-c2ccnc(NCOCc3cccc(Cl)c3)n2)ccn1. The van der Waals surface area contributed by atoms with Gasteiger partial charge in [-0.1, -0.05) is 23.7 Å². The predicted molar refractivity (Wildman–Crippen MR) is 113 cm³/mol. The molecule has 2 aromatic heterocycles. The van der Waals surface area contributed by atoms with Crippen LogP contribution < -0.4 is 10.2 Å². The second-order valence-corrected chi connectivity index (χ2v) is 7.20. The molecule has 30 heavy (non-hydrogen) atoms. The molecule has 1 aromatic carbocycles. The number of cyclic esters (lactones) is 1. The third-order valence-corrected chi connectivity index (χ3v) is 4.75. The number of ether oxygens (including phenoxy) is 2. The first-order valence-corrected chi connectivity index (χ1v) is 9.79. The first kappa shape index (κ1) is 20.1. The van der Waals surface area contributed by atoms with Gasteiger partial charge in [0.2, 0.25) is 5.95 Å². The van der Waals surface area contributed by atoms with E-state index in [0.717, 1.165) is 11.1 Å². The standard InChI is InChI=1S/C21H20ClN5O3/c1-14-11-30-21(28)27(14)19-10-16(5-7-23-19)18-6-8-24-20(26-18)25-13-29-12-15-3-2-4-17(22)9-15/h2-10,14H,11-13H2,1H3,(H,24,25,26). The smallest absolute Gasteiger partial charge is 0.415 e. The minimum atomic E-state index is -0.394. The van der Waals surface area contributed by atoms with E-state index in [2.05, 4.69) is 20.3 Å². The van der Waals surface area contributed by atoms with Crippen molar-refractivity contribution in [1.29, 1.82) is 0 Å². The Morgan fingerprint density at radius 1 is 1.23 bits per heavy atom. The lowest BCUT2D eigenvalue weighted by Gasteiger charge is -2.17.